The van der Waals surface area contributed by atoms with Crippen LogP contribution in [0.3, 0.4) is 0 Å². The minimum Gasteiger partial charge on any atom is -0.256 e. The van der Waals surface area contributed by atoms with E-state index in [1.54, 1.807) is 30.5 Å². The third-order valence-electron chi connectivity index (χ3n) is 2.78. The first-order valence-corrected chi connectivity index (χ1v) is 7.76. The molecule has 98 valence electrons. The maximum atomic E-state index is 11.7. The van der Waals surface area contributed by atoms with Crippen LogP contribution in [-0.2, 0) is 9.84 Å². The van der Waals surface area contributed by atoms with Gasteiger partial charge in [0.25, 0.3) is 0 Å². The van der Waals surface area contributed by atoms with Crippen LogP contribution in [0, 0.1) is 6.92 Å². The van der Waals surface area contributed by atoms with E-state index in [9.17, 15) is 8.42 Å². The first-order chi connectivity index (χ1) is 8.98. The molecule has 0 spiro atoms. The Morgan fingerprint density at radius 3 is 2.32 bits per heavy atom. The number of para-hydroxylation sites is 1. The summed E-state index contributed by atoms with van der Waals surface area (Å²) in [5, 5.41) is 0. The fourth-order valence-electron chi connectivity index (χ4n) is 1.77. The molecule has 0 saturated heterocycles. The van der Waals surface area contributed by atoms with Crippen molar-refractivity contribution in [3.8, 4) is 0 Å². The Kier molecular flexibility index (Phi) is 3.81. The number of nitrogens with zero attached hydrogens (tertiary/aromatic N) is 1. The van der Waals surface area contributed by atoms with E-state index < -0.39 is 9.84 Å². The molecule has 0 aliphatic carbocycles. The topological polar surface area (TPSA) is 46.5 Å². The molecule has 0 atom stereocenters. The summed E-state index contributed by atoms with van der Waals surface area (Å²) in [4.78, 5) is 4.66. The van der Waals surface area contributed by atoms with E-state index in [1.807, 2.05) is 31.2 Å². The Hall–Kier alpha value is -1.94. The Morgan fingerprint density at radius 2 is 1.63 bits per heavy atom. The highest BCUT2D eigenvalue weighted by Crippen LogP contribution is 2.19. The van der Waals surface area contributed by atoms with E-state index in [2.05, 4.69) is 4.99 Å². The van der Waals surface area contributed by atoms with Crippen LogP contribution in [0.2, 0.25) is 0 Å². The van der Waals surface area contributed by atoms with Crippen molar-refractivity contribution in [3.05, 3.63) is 59.7 Å². The highest BCUT2D eigenvalue weighted by atomic mass is 32.2. The van der Waals surface area contributed by atoms with E-state index in [4.69, 9.17) is 0 Å². The number of aliphatic imine (C=N–C) groups is 1. The van der Waals surface area contributed by atoms with Crippen LogP contribution >= 0.6 is 0 Å². The molecule has 2 aromatic rings. The van der Waals surface area contributed by atoms with Crippen molar-refractivity contribution in [3.63, 3.8) is 0 Å². The van der Waals surface area contributed by atoms with E-state index in [0.29, 0.717) is 10.5 Å². The van der Waals surface area contributed by atoms with Crippen LogP contribution in [0.15, 0.2) is 58.4 Å². The second kappa shape index (κ2) is 5.36. The zero-order chi connectivity index (χ0) is 13.9. The molecule has 0 aliphatic heterocycles. The molecular formula is C15H15NO2S. The molecule has 0 heterocycles. The van der Waals surface area contributed by atoms with Crippen LogP contribution in [0.25, 0.3) is 0 Å². The molecule has 0 amide bonds. The summed E-state index contributed by atoms with van der Waals surface area (Å²) in [6, 6.07) is 14.6. The number of hydrogen-bond donors (Lipinski definition) is 0. The van der Waals surface area contributed by atoms with Crippen LogP contribution in [-0.4, -0.2) is 20.9 Å². The summed E-state index contributed by atoms with van der Waals surface area (Å²) in [6.45, 7) is 1.97. The van der Waals surface area contributed by atoms with Gasteiger partial charge in [0.1, 0.15) is 0 Å². The van der Waals surface area contributed by atoms with Crippen molar-refractivity contribution in [2.75, 3.05) is 6.26 Å². The van der Waals surface area contributed by atoms with E-state index in [-0.39, 0.29) is 0 Å². The van der Waals surface area contributed by atoms with Gasteiger partial charge in [-0.3, -0.25) is 4.99 Å². The average molecular weight is 273 g/mol. The van der Waals surface area contributed by atoms with Crippen LogP contribution in [0.4, 0.5) is 5.69 Å². The van der Waals surface area contributed by atoms with Crippen molar-refractivity contribution in [2.45, 2.75) is 11.8 Å². The van der Waals surface area contributed by atoms with Gasteiger partial charge in [-0.25, -0.2) is 8.42 Å². The van der Waals surface area contributed by atoms with Crippen molar-refractivity contribution in [1.82, 2.24) is 0 Å². The zero-order valence-electron chi connectivity index (χ0n) is 10.9. The van der Waals surface area contributed by atoms with Crippen LogP contribution in [0.5, 0.6) is 0 Å². The molecule has 0 saturated carbocycles. The lowest BCUT2D eigenvalue weighted by atomic mass is 10.2. The zero-order valence-corrected chi connectivity index (χ0v) is 11.7. The van der Waals surface area contributed by atoms with Crippen LogP contribution in [0.1, 0.15) is 11.1 Å². The third-order valence-corrected chi connectivity index (χ3v) is 3.95. The molecule has 2 aromatic carbocycles. The minimum absolute atomic E-state index is 0.298. The molecule has 19 heavy (non-hydrogen) atoms. The first-order valence-electron chi connectivity index (χ1n) is 5.87. The normalized spacial score (nSPS) is 11.9. The SMILES string of the molecule is Cc1ccccc1/N=C\c1ccccc1S(C)(=O)=O. The van der Waals surface area contributed by atoms with Gasteiger partial charge in [0.2, 0.25) is 0 Å². The van der Waals surface area contributed by atoms with Crippen molar-refractivity contribution < 1.29 is 8.42 Å². The van der Waals surface area contributed by atoms with Crippen molar-refractivity contribution >= 4 is 21.7 Å². The maximum absolute atomic E-state index is 11.7. The first kappa shape index (κ1) is 13.5. The molecule has 0 bridgehead atoms. The molecule has 0 unspecified atom stereocenters. The second-order valence-electron chi connectivity index (χ2n) is 4.35. The predicted octanol–water partition coefficient (Wildman–Crippen LogP) is 3.15. The molecule has 4 heteroatoms. The lowest BCUT2D eigenvalue weighted by Crippen LogP contribution is -2.01. The third kappa shape index (κ3) is 3.29. The summed E-state index contributed by atoms with van der Waals surface area (Å²) in [5.41, 5.74) is 2.50. The standard InChI is InChI=1S/C15H15NO2S/c1-12-7-3-5-9-14(12)16-11-13-8-4-6-10-15(13)19(2,17)18/h3-11H,1-2H3/b16-11-. The largest absolute Gasteiger partial charge is 0.256 e. The number of rotatable bonds is 3. The molecule has 0 aromatic heterocycles. The molecule has 3 nitrogen and oxygen atoms in total. The van der Waals surface area contributed by atoms with E-state index >= 15 is 0 Å². The second-order valence-corrected chi connectivity index (χ2v) is 6.34. The van der Waals surface area contributed by atoms with Crippen LogP contribution < -0.4 is 0 Å². The summed E-state index contributed by atoms with van der Waals surface area (Å²) >= 11 is 0. The van der Waals surface area contributed by atoms with Crippen molar-refractivity contribution in [1.29, 1.82) is 0 Å². The number of benzene rings is 2. The maximum Gasteiger partial charge on any atom is 0.176 e. The smallest absolute Gasteiger partial charge is 0.176 e. The highest BCUT2D eigenvalue weighted by molar-refractivity contribution is 7.90. The summed E-state index contributed by atoms with van der Waals surface area (Å²) in [7, 11) is -3.24. The van der Waals surface area contributed by atoms with Gasteiger partial charge in [-0.2, -0.15) is 0 Å². The molecule has 0 aliphatic rings. The lowest BCUT2D eigenvalue weighted by Gasteiger charge is -2.03. The monoisotopic (exact) mass is 273 g/mol. The Bertz CT molecular complexity index is 718. The average Bonchev–Trinajstić information content (AvgIpc) is 2.37. The summed E-state index contributed by atoms with van der Waals surface area (Å²) in [5.74, 6) is 0. The number of sulfone groups is 1. The summed E-state index contributed by atoms with van der Waals surface area (Å²) < 4.78 is 23.3. The predicted molar refractivity (Wildman–Crippen MR) is 78.0 cm³/mol. The fraction of sp³-hybridized carbons (Fsp3) is 0.133. The van der Waals surface area contributed by atoms with Gasteiger partial charge >= 0.3 is 0 Å². The van der Waals surface area contributed by atoms with Gasteiger partial charge in [0.15, 0.2) is 9.84 Å². The van der Waals surface area contributed by atoms with Gasteiger partial charge in [0, 0.05) is 18.0 Å². The quantitative estimate of drug-likeness (QED) is 0.806. The fourth-order valence-corrected chi connectivity index (χ4v) is 2.65. The van der Waals surface area contributed by atoms with Crippen molar-refractivity contribution in [2.24, 2.45) is 4.99 Å². The highest BCUT2D eigenvalue weighted by Gasteiger charge is 2.10. The van der Waals surface area contributed by atoms with E-state index in [0.717, 1.165) is 11.3 Å². The van der Waals surface area contributed by atoms with Gasteiger partial charge in [-0.05, 0) is 24.6 Å². The molecule has 0 N–H and O–H groups in total. The number of hydrogen-bond acceptors (Lipinski definition) is 3. The van der Waals surface area contributed by atoms with E-state index in [1.165, 1.54) is 6.26 Å². The van der Waals surface area contributed by atoms with Gasteiger partial charge in [0.05, 0.1) is 10.6 Å². The summed E-state index contributed by atoms with van der Waals surface area (Å²) in [6.07, 6.45) is 2.80. The Labute approximate surface area is 113 Å². The Balaban J connectivity index is 2.43. The molecule has 0 fully saturated rings. The number of aryl methyl sites for hydroxylation is 1. The molecular weight excluding hydrogens is 258 g/mol. The minimum atomic E-state index is -3.24. The molecule has 0 radical (unpaired) electrons. The Morgan fingerprint density at radius 1 is 1.00 bits per heavy atom. The van der Waals surface area contributed by atoms with Gasteiger partial charge < -0.3 is 0 Å². The van der Waals surface area contributed by atoms with Gasteiger partial charge in [-0.15, -0.1) is 0 Å². The lowest BCUT2D eigenvalue weighted by molar-refractivity contribution is 0.602. The molecule has 2 rings (SSSR count). The van der Waals surface area contributed by atoms with Gasteiger partial charge in [-0.1, -0.05) is 36.4 Å².